The number of hydrogen-bond donors (Lipinski definition) is 1. The second kappa shape index (κ2) is 4.73. The average Bonchev–Trinajstić information content (AvgIpc) is 2.87. The van der Waals surface area contributed by atoms with Crippen LogP contribution in [0.1, 0.15) is 23.4 Å². The SMILES string of the molecule is CC(NCc1ccsc1)c1cccs1. The van der Waals surface area contributed by atoms with Crippen molar-refractivity contribution in [2.75, 3.05) is 0 Å². The van der Waals surface area contributed by atoms with E-state index in [-0.39, 0.29) is 0 Å². The molecular formula is C11H13NS2. The molecular weight excluding hydrogens is 210 g/mol. The Labute approximate surface area is 92.4 Å². The summed E-state index contributed by atoms with van der Waals surface area (Å²) in [6.45, 7) is 3.17. The predicted octanol–water partition coefficient (Wildman–Crippen LogP) is 3.66. The van der Waals surface area contributed by atoms with E-state index in [1.807, 2.05) is 11.3 Å². The molecule has 2 aromatic heterocycles. The second-order valence-corrected chi connectivity index (χ2v) is 5.01. The molecule has 1 N–H and O–H groups in total. The molecule has 2 heterocycles. The molecule has 2 aromatic rings. The first-order valence-corrected chi connectivity index (χ1v) is 6.46. The summed E-state index contributed by atoms with van der Waals surface area (Å²) in [5.41, 5.74) is 1.37. The molecule has 0 aliphatic heterocycles. The zero-order chi connectivity index (χ0) is 9.80. The van der Waals surface area contributed by atoms with Crippen molar-refractivity contribution in [2.45, 2.75) is 19.5 Å². The van der Waals surface area contributed by atoms with Gasteiger partial charge in [0.15, 0.2) is 0 Å². The van der Waals surface area contributed by atoms with Crippen LogP contribution >= 0.6 is 22.7 Å². The summed E-state index contributed by atoms with van der Waals surface area (Å²) in [5.74, 6) is 0. The molecule has 0 fully saturated rings. The third-order valence-electron chi connectivity index (χ3n) is 2.16. The lowest BCUT2D eigenvalue weighted by atomic mass is 10.2. The minimum atomic E-state index is 0.454. The molecule has 1 atom stereocenters. The van der Waals surface area contributed by atoms with Gasteiger partial charge >= 0.3 is 0 Å². The van der Waals surface area contributed by atoms with Crippen LogP contribution in [0.25, 0.3) is 0 Å². The Morgan fingerprint density at radius 2 is 2.29 bits per heavy atom. The van der Waals surface area contributed by atoms with Crippen molar-refractivity contribution >= 4 is 22.7 Å². The maximum absolute atomic E-state index is 3.50. The zero-order valence-corrected chi connectivity index (χ0v) is 9.70. The third-order valence-corrected chi connectivity index (χ3v) is 3.95. The highest BCUT2D eigenvalue weighted by Crippen LogP contribution is 2.18. The quantitative estimate of drug-likeness (QED) is 0.834. The fraction of sp³-hybridized carbons (Fsp3) is 0.273. The van der Waals surface area contributed by atoms with Crippen LogP contribution in [0, 0.1) is 0 Å². The molecule has 0 radical (unpaired) electrons. The Bertz CT molecular complexity index is 351. The first kappa shape index (κ1) is 9.90. The van der Waals surface area contributed by atoms with Crippen LogP contribution in [-0.2, 0) is 6.54 Å². The summed E-state index contributed by atoms with van der Waals surface area (Å²) in [7, 11) is 0. The maximum atomic E-state index is 3.50. The van der Waals surface area contributed by atoms with E-state index in [9.17, 15) is 0 Å². The standard InChI is InChI=1S/C11H13NS2/c1-9(11-3-2-5-14-11)12-7-10-4-6-13-8-10/h2-6,8-9,12H,7H2,1H3. The van der Waals surface area contributed by atoms with Crippen LogP contribution in [0.3, 0.4) is 0 Å². The second-order valence-electron chi connectivity index (χ2n) is 3.25. The van der Waals surface area contributed by atoms with Gasteiger partial charge in [0.1, 0.15) is 0 Å². The summed E-state index contributed by atoms with van der Waals surface area (Å²) in [6.07, 6.45) is 0. The molecule has 0 saturated heterocycles. The van der Waals surface area contributed by atoms with Crippen LogP contribution in [0.5, 0.6) is 0 Å². The smallest absolute Gasteiger partial charge is 0.0388 e. The van der Waals surface area contributed by atoms with Crippen LogP contribution in [0.15, 0.2) is 34.3 Å². The van der Waals surface area contributed by atoms with Gasteiger partial charge in [0, 0.05) is 17.5 Å². The van der Waals surface area contributed by atoms with Gasteiger partial charge in [-0.15, -0.1) is 11.3 Å². The fourth-order valence-electron chi connectivity index (χ4n) is 1.30. The highest BCUT2D eigenvalue weighted by molar-refractivity contribution is 7.10. The van der Waals surface area contributed by atoms with Crippen molar-refractivity contribution in [2.24, 2.45) is 0 Å². The molecule has 0 aromatic carbocycles. The van der Waals surface area contributed by atoms with Crippen LogP contribution in [0.2, 0.25) is 0 Å². The Morgan fingerprint density at radius 1 is 1.36 bits per heavy atom. The number of hydrogen-bond acceptors (Lipinski definition) is 3. The Morgan fingerprint density at radius 3 is 2.93 bits per heavy atom. The third kappa shape index (κ3) is 2.44. The first-order chi connectivity index (χ1) is 6.86. The molecule has 0 saturated carbocycles. The summed E-state index contributed by atoms with van der Waals surface area (Å²) in [4.78, 5) is 1.40. The van der Waals surface area contributed by atoms with E-state index < -0.39 is 0 Å². The fourth-order valence-corrected chi connectivity index (χ4v) is 2.73. The number of thiophene rings is 2. The van der Waals surface area contributed by atoms with Gasteiger partial charge in [-0.25, -0.2) is 0 Å². The lowest BCUT2D eigenvalue weighted by Crippen LogP contribution is -2.16. The molecule has 0 spiro atoms. The number of nitrogens with one attached hydrogen (secondary N) is 1. The molecule has 0 bridgehead atoms. The van der Waals surface area contributed by atoms with E-state index in [1.165, 1.54) is 10.4 Å². The van der Waals surface area contributed by atoms with E-state index in [0.29, 0.717) is 6.04 Å². The topological polar surface area (TPSA) is 12.0 Å². The van der Waals surface area contributed by atoms with Crippen molar-refractivity contribution in [3.8, 4) is 0 Å². The summed E-state index contributed by atoms with van der Waals surface area (Å²) < 4.78 is 0. The van der Waals surface area contributed by atoms with Crippen LogP contribution in [-0.4, -0.2) is 0 Å². The van der Waals surface area contributed by atoms with Crippen LogP contribution in [0.4, 0.5) is 0 Å². The highest BCUT2D eigenvalue weighted by Gasteiger charge is 2.04. The van der Waals surface area contributed by atoms with Gasteiger partial charge in [0.25, 0.3) is 0 Å². The van der Waals surface area contributed by atoms with Crippen molar-refractivity contribution in [3.63, 3.8) is 0 Å². The van der Waals surface area contributed by atoms with Crippen molar-refractivity contribution in [1.29, 1.82) is 0 Å². The minimum Gasteiger partial charge on any atom is -0.305 e. The molecule has 0 aliphatic carbocycles. The van der Waals surface area contributed by atoms with E-state index in [1.54, 1.807) is 11.3 Å². The summed E-state index contributed by atoms with van der Waals surface area (Å²) >= 11 is 3.56. The van der Waals surface area contributed by atoms with E-state index in [0.717, 1.165) is 6.54 Å². The monoisotopic (exact) mass is 223 g/mol. The van der Waals surface area contributed by atoms with E-state index >= 15 is 0 Å². The van der Waals surface area contributed by atoms with Gasteiger partial charge in [-0.05, 0) is 40.8 Å². The Hall–Kier alpha value is -0.640. The molecule has 3 heteroatoms. The molecule has 0 aliphatic rings. The minimum absolute atomic E-state index is 0.454. The predicted molar refractivity (Wildman–Crippen MR) is 63.9 cm³/mol. The molecule has 14 heavy (non-hydrogen) atoms. The maximum Gasteiger partial charge on any atom is 0.0388 e. The average molecular weight is 223 g/mol. The lowest BCUT2D eigenvalue weighted by Gasteiger charge is -2.10. The van der Waals surface area contributed by atoms with Crippen LogP contribution < -0.4 is 5.32 Å². The van der Waals surface area contributed by atoms with E-state index in [2.05, 4.69) is 46.6 Å². The van der Waals surface area contributed by atoms with Gasteiger partial charge in [-0.2, -0.15) is 11.3 Å². The molecule has 1 unspecified atom stereocenters. The Balaban J connectivity index is 1.87. The van der Waals surface area contributed by atoms with Crippen molar-refractivity contribution in [3.05, 3.63) is 44.8 Å². The summed E-state index contributed by atoms with van der Waals surface area (Å²) in [6, 6.07) is 6.90. The van der Waals surface area contributed by atoms with Gasteiger partial charge < -0.3 is 5.32 Å². The Kier molecular flexibility index (Phi) is 3.35. The number of rotatable bonds is 4. The van der Waals surface area contributed by atoms with Gasteiger partial charge in [0.05, 0.1) is 0 Å². The zero-order valence-electron chi connectivity index (χ0n) is 8.07. The highest BCUT2D eigenvalue weighted by atomic mass is 32.1. The van der Waals surface area contributed by atoms with Crippen molar-refractivity contribution < 1.29 is 0 Å². The van der Waals surface area contributed by atoms with Crippen molar-refractivity contribution in [1.82, 2.24) is 5.32 Å². The molecule has 0 amide bonds. The van der Waals surface area contributed by atoms with Gasteiger partial charge in [-0.1, -0.05) is 6.07 Å². The van der Waals surface area contributed by atoms with Gasteiger partial charge in [0.2, 0.25) is 0 Å². The largest absolute Gasteiger partial charge is 0.305 e. The first-order valence-electron chi connectivity index (χ1n) is 4.64. The van der Waals surface area contributed by atoms with E-state index in [4.69, 9.17) is 0 Å². The molecule has 2 rings (SSSR count). The van der Waals surface area contributed by atoms with Gasteiger partial charge in [-0.3, -0.25) is 0 Å². The summed E-state index contributed by atoms with van der Waals surface area (Å²) in [5, 5.41) is 9.93. The molecule has 74 valence electrons. The molecule has 1 nitrogen and oxygen atoms in total. The lowest BCUT2D eigenvalue weighted by molar-refractivity contribution is 0.584. The normalized spacial score (nSPS) is 12.9.